The van der Waals surface area contributed by atoms with Crippen molar-refractivity contribution in [1.29, 1.82) is 5.41 Å². The molecule has 2 aliphatic rings. The Kier molecular flexibility index (Phi) is 6.01. The van der Waals surface area contributed by atoms with Crippen LogP contribution >= 0.6 is 0 Å². The van der Waals surface area contributed by atoms with Crippen molar-refractivity contribution in [3.8, 4) is 0 Å². The van der Waals surface area contributed by atoms with Crippen molar-refractivity contribution in [1.82, 2.24) is 10.2 Å². The Bertz CT molecular complexity index is 1050. The predicted octanol–water partition coefficient (Wildman–Crippen LogP) is 3.91. The molecule has 1 saturated heterocycles. The van der Waals surface area contributed by atoms with Crippen LogP contribution in [0.15, 0.2) is 54.7 Å². The molecule has 2 heterocycles. The van der Waals surface area contributed by atoms with E-state index in [0.717, 1.165) is 17.7 Å². The van der Waals surface area contributed by atoms with Crippen molar-refractivity contribution < 1.29 is 22.4 Å². The Balaban J connectivity index is 1.55. The normalized spacial score (nSPS) is 22.6. The first-order valence-corrected chi connectivity index (χ1v) is 10.2. The van der Waals surface area contributed by atoms with Crippen LogP contribution in [0.3, 0.4) is 0 Å². The average molecular weight is 446 g/mol. The molecular formula is C23H22F4N4O. The van der Waals surface area contributed by atoms with E-state index in [0.29, 0.717) is 12.1 Å². The van der Waals surface area contributed by atoms with Gasteiger partial charge in [-0.15, -0.1) is 0 Å². The van der Waals surface area contributed by atoms with E-state index in [1.165, 1.54) is 18.3 Å². The minimum atomic E-state index is -2.70. The van der Waals surface area contributed by atoms with E-state index in [4.69, 9.17) is 5.41 Å². The van der Waals surface area contributed by atoms with Crippen LogP contribution in [0.4, 0.5) is 23.2 Å². The third kappa shape index (κ3) is 4.67. The lowest BCUT2D eigenvalue weighted by Crippen LogP contribution is -2.46. The zero-order chi connectivity index (χ0) is 22.9. The molecule has 0 saturated carbocycles. The van der Waals surface area contributed by atoms with E-state index >= 15 is 0 Å². The van der Waals surface area contributed by atoms with E-state index in [2.05, 4.69) is 10.6 Å². The lowest BCUT2D eigenvalue weighted by Gasteiger charge is -2.29. The molecule has 2 unspecified atom stereocenters. The van der Waals surface area contributed by atoms with Crippen molar-refractivity contribution in [2.45, 2.75) is 24.9 Å². The molecule has 3 N–H and O–H groups in total. The van der Waals surface area contributed by atoms with Crippen LogP contribution in [0, 0.1) is 23.0 Å². The van der Waals surface area contributed by atoms with E-state index in [9.17, 15) is 22.4 Å². The topological polar surface area (TPSA) is 68.2 Å². The Hall–Kier alpha value is -3.20. The molecule has 0 radical (unpaired) electrons. The number of anilines is 1. The van der Waals surface area contributed by atoms with Gasteiger partial charge in [-0.25, -0.2) is 17.6 Å². The van der Waals surface area contributed by atoms with Gasteiger partial charge in [-0.05, 0) is 35.4 Å². The zero-order valence-electron chi connectivity index (χ0n) is 17.0. The second-order valence-corrected chi connectivity index (χ2v) is 8.04. The summed E-state index contributed by atoms with van der Waals surface area (Å²) in [7, 11) is 0. The van der Waals surface area contributed by atoms with E-state index < -0.39 is 35.4 Å². The standard InChI is InChI=1S/C23H22F4N4O/c24-16-5-2-6-17(25)21(16)30-18-7-9-29-22(32)19(18)20(28)15-4-1-3-14(11-15)12-31-10-8-23(26,27)13-31/h1-7,9,11,18-19,28,30H,8,10,12-13H2,(H,29,32). The van der Waals surface area contributed by atoms with Gasteiger partial charge < -0.3 is 16.0 Å². The van der Waals surface area contributed by atoms with Crippen molar-refractivity contribution in [2.75, 3.05) is 18.4 Å². The number of para-hydroxylation sites is 1. The molecule has 1 fully saturated rings. The lowest BCUT2D eigenvalue weighted by atomic mass is 9.86. The summed E-state index contributed by atoms with van der Waals surface area (Å²) in [5.41, 5.74) is 0.749. The largest absolute Gasteiger partial charge is 0.373 e. The van der Waals surface area contributed by atoms with Gasteiger partial charge in [-0.2, -0.15) is 0 Å². The summed E-state index contributed by atoms with van der Waals surface area (Å²) in [5, 5.41) is 13.9. The van der Waals surface area contributed by atoms with Gasteiger partial charge in [0.15, 0.2) is 0 Å². The maximum absolute atomic E-state index is 14.1. The Morgan fingerprint density at radius 2 is 1.91 bits per heavy atom. The molecule has 2 atom stereocenters. The van der Waals surface area contributed by atoms with Gasteiger partial charge in [0.1, 0.15) is 23.2 Å². The summed E-state index contributed by atoms with van der Waals surface area (Å²) >= 11 is 0. The van der Waals surface area contributed by atoms with Crippen LogP contribution in [-0.4, -0.2) is 41.6 Å². The highest BCUT2D eigenvalue weighted by Gasteiger charge is 2.38. The summed E-state index contributed by atoms with van der Waals surface area (Å²) in [5.74, 6) is -5.85. The maximum atomic E-state index is 14.1. The summed E-state index contributed by atoms with van der Waals surface area (Å²) in [6.45, 7) is 0.269. The quantitative estimate of drug-likeness (QED) is 0.466. The SMILES string of the molecule is N=C(c1cccc(CN2CCC(F)(F)C2)c1)C1C(=O)NC=CC1Nc1c(F)cccc1F. The molecule has 4 rings (SSSR count). The first-order chi connectivity index (χ1) is 15.2. The molecule has 5 nitrogen and oxygen atoms in total. The van der Waals surface area contributed by atoms with Crippen molar-refractivity contribution in [3.63, 3.8) is 0 Å². The number of hydrogen-bond donors (Lipinski definition) is 3. The first kappa shape index (κ1) is 22.0. The summed E-state index contributed by atoms with van der Waals surface area (Å²) in [4.78, 5) is 14.2. The van der Waals surface area contributed by atoms with E-state index in [-0.39, 0.29) is 30.9 Å². The monoisotopic (exact) mass is 446 g/mol. The number of carbonyl (C=O) groups is 1. The van der Waals surface area contributed by atoms with E-state index in [1.807, 2.05) is 0 Å². The fourth-order valence-corrected chi connectivity index (χ4v) is 4.06. The van der Waals surface area contributed by atoms with Crippen LogP contribution in [-0.2, 0) is 11.3 Å². The molecule has 2 aromatic rings. The molecule has 168 valence electrons. The number of hydrogen-bond acceptors (Lipinski definition) is 4. The number of benzene rings is 2. The van der Waals surface area contributed by atoms with Gasteiger partial charge in [-0.1, -0.05) is 24.3 Å². The van der Waals surface area contributed by atoms with Crippen molar-refractivity contribution in [3.05, 3.63) is 77.5 Å². The highest BCUT2D eigenvalue weighted by molar-refractivity contribution is 6.13. The fourth-order valence-electron chi connectivity index (χ4n) is 4.06. The number of nitrogens with zero attached hydrogens (tertiary/aromatic N) is 1. The minimum absolute atomic E-state index is 0.0466. The summed E-state index contributed by atoms with van der Waals surface area (Å²) in [6, 6.07) is 9.39. The number of nitrogens with one attached hydrogen (secondary N) is 3. The molecule has 2 aromatic carbocycles. The van der Waals surface area contributed by atoms with Gasteiger partial charge in [0, 0.05) is 25.7 Å². The van der Waals surface area contributed by atoms with Gasteiger partial charge in [-0.3, -0.25) is 9.69 Å². The summed E-state index contributed by atoms with van der Waals surface area (Å²) < 4.78 is 55.2. The highest BCUT2D eigenvalue weighted by atomic mass is 19.3. The molecule has 0 aromatic heterocycles. The number of likely N-dealkylation sites (tertiary alicyclic amines) is 1. The summed E-state index contributed by atoms with van der Waals surface area (Å²) in [6.07, 6.45) is 2.71. The molecule has 0 bridgehead atoms. The smallest absolute Gasteiger partial charge is 0.261 e. The molecule has 32 heavy (non-hydrogen) atoms. The van der Waals surface area contributed by atoms with Crippen molar-refractivity contribution >= 4 is 17.3 Å². The van der Waals surface area contributed by atoms with Gasteiger partial charge in [0.25, 0.3) is 5.92 Å². The Morgan fingerprint density at radius 1 is 1.19 bits per heavy atom. The zero-order valence-corrected chi connectivity index (χ0v) is 17.0. The molecule has 0 spiro atoms. The number of carbonyl (C=O) groups excluding carboxylic acids is 1. The fraction of sp³-hybridized carbons (Fsp3) is 0.304. The lowest BCUT2D eigenvalue weighted by molar-refractivity contribution is -0.122. The van der Waals surface area contributed by atoms with Crippen molar-refractivity contribution in [2.24, 2.45) is 5.92 Å². The Labute approximate surface area is 182 Å². The van der Waals surface area contributed by atoms with Gasteiger partial charge in [0.05, 0.1) is 18.3 Å². The van der Waals surface area contributed by atoms with Crippen LogP contribution in [0.1, 0.15) is 17.5 Å². The second-order valence-electron chi connectivity index (χ2n) is 8.04. The van der Waals surface area contributed by atoms with E-state index in [1.54, 1.807) is 29.2 Å². The first-order valence-electron chi connectivity index (χ1n) is 10.2. The highest BCUT2D eigenvalue weighted by Crippen LogP contribution is 2.29. The number of amides is 1. The van der Waals surface area contributed by atoms with Gasteiger partial charge in [0.2, 0.25) is 5.91 Å². The molecule has 9 heteroatoms. The Morgan fingerprint density at radius 3 is 2.59 bits per heavy atom. The van der Waals surface area contributed by atoms with Crippen LogP contribution in [0.25, 0.3) is 0 Å². The minimum Gasteiger partial charge on any atom is -0.373 e. The predicted molar refractivity (Wildman–Crippen MR) is 113 cm³/mol. The average Bonchev–Trinajstić information content (AvgIpc) is 3.09. The number of rotatable bonds is 6. The molecule has 1 amide bonds. The second kappa shape index (κ2) is 8.74. The third-order valence-electron chi connectivity index (χ3n) is 5.65. The van der Waals surface area contributed by atoms with Crippen LogP contribution < -0.4 is 10.6 Å². The number of halogens is 4. The third-order valence-corrected chi connectivity index (χ3v) is 5.65. The van der Waals surface area contributed by atoms with Crippen LogP contribution in [0.2, 0.25) is 0 Å². The van der Waals surface area contributed by atoms with Gasteiger partial charge >= 0.3 is 0 Å². The van der Waals surface area contributed by atoms with Crippen LogP contribution in [0.5, 0.6) is 0 Å². The molecular weight excluding hydrogens is 424 g/mol. The maximum Gasteiger partial charge on any atom is 0.261 e. The molecule has 0 aliphatic carbocycles. The number of alkyl halides is 2. The molecule has 2 aliphatic heterocycles.